The van der Waals surface area contributed by atoms with Gasteiger partial charge >= 0.3 is 0 Å². The Morgan fingerprint density at radius 2 is 2.21 bits per heavy atom. The monoisotopic (exact) mass is 281 g/mol. The fourth-order valence-electron chi connectivity index (χ4n) is 2.85. The van der Waals surface area contributed by atoms with Gasteiger partial charge in [-0.2, -0.15) is 0 Å². The first-order valence-electron chi connectivity index (χ1n) is 6.95. The largest absolute Gasteiger partial charge is 0.496 e. The zero-order chi connectivity index (χ0) is 13.2. The molecule has 2 atom stereocenters. The third-order valence-electron chi connectivity index (χ3n) is 4.02. The molecule has 2 unspecified atom stereocenters. The van der Waals surface area contributed by atoms with Gasteiger partial charge in [0.1, 0.15) is 5.75 Å². The summed E-state index contributed by atoms with van der Waals surface area (Å²) in [5.41, 5.74) is 1.11. The van der Waals surface area contributed by atoms with E-state index in [0.29, 0.717) is 12.1 Å². The van der Waals surface area contributed by atoms with Gasteiger partial charge in [0.05, 0.1) is 13.2 Å². The number of ether oxygens (including phenoxy) is 2. The summed E-state index contributed by atoms with van der Waals surface area (Å²) in [4.78, 5) is 0. The van der Waals surface area contributed by atoms with Crippen LogP contribution >= 0.6 is 11.6 Å². The molecule has 1 aliphatic carbocycles. The molecule has 1 saturated heterocycles. The van der Waals surface area contributed by atoms with Crippen molar-refractivity contribution in [3.8, 4) is 5.75 Å². The van der Waals surface area contributed by atoms with E-state index in [1.54, 1.807) is 7.11 Å². The Bertz CT molecular complexity index is 448. The van der Waals surface area contributed by atoms with Crippen LogP contribution in [-0.2, 0) is 11.3 Å². The van der Waals surface area contributed by atoms with Crippen LogP contribution in [0.15, 0.2) is 18.2 Å². The Hall–Kier alpha value is -0.770. The summed E-state index contributed by atoms with van der Waals surface area (Å²) in [6.07, 6.45) is 4.15. The highest BCUT2D eigenvalue weighted by molar-refractivity contribution is 6.30. The second-order valence-electron chi connectivity index (χ2n) is 5.41. The number of hydrogen-bond donors (Lipinski definition) is 1. The molecule has 0 aromatic heterocycles. The second kappa shape index (κ2) is 5.70. The van der Waals surface area contributed by atoms with Gasteiger partial charge in [-0.25, -0.2) is 0 Å². The van der Waals surface area contributed by atoms with Gasteiger partial charge in [-0.15, -0.1) is 0 Å². The smallest absolute Gasteiger partial charge is 0.123 e. The van der Waals surface area contributed by atoms with Crippen molar-refractivity contribution in [2.24, 2.45) is 5.92 Å². The van der Waals surface area contributed by atoms with Gasteiger partial charge in [0.2, 0.25) is 0 Å². The minimum atomic E-state index is 0.408. The van der Waals surface area contributed by atoms with Crippen LogP contribution in [0.4, 0.5) is 0 Å². The van der Waals surface area contributed by atoms with Crippen molar-refractivity contribution in [3.63, 3.8) is 0 Å². The number of rotatable bonds is 5. The fourth-order valence-corrected chi connectivity index (χ4v) is 3.04. The highest BCUT2D eigenvalue weighted by Gasteiger charge is 2.40. The molecule has 3 nitrogen and oxygen atoms in total. The first-order valence-corrected chi connectivity index (χ1v) is 7.33. The number of nitrogens with one attached hydrogen (secondary N) is 1. The molecule has 1 aromatic rings. The van der Waals surface area contributed by atoms with E-state index in [1.807, 2.05) is 18.2 Å². The second-order valence-corrected chi connectivity index (χ2v) is 5.84. The topological polar surface area (TPSA) is 30.5 Å². The van der Waals surface area contributed by atoms with Gasteiger partial charge in [0.15, 0.2) is 0 Å². The Balaban J connectivity index is 1.63. The van der Waals surface area contributed by atoms with Crippen molar-refractivity contribution < 1.29 is 9.47 Å². The normalized spacial score (nSPS) is 26.6. The van der Waals surface area contributed by atoms with E-state index in [-0.39, 0.29) is 0 Å². The van der Waals surface area contributed by atoms with E-state index >= 15 is 0 Å². The van der Waals surface area contributed by atoms with Crippen LogP contribution in [0.3, 0.4) is 0 Å². The Labute approximate surface area is 119 Å². The van der Waals surface area contributed by atoms with Gasteiger partial charge in [-0.3, -0.25) is 0 Å². The van der Waals surface area contributed by atoms with E-state index in [1.165, 1.54) is 12.8 Å². The summed E-state index contributed by atoms with van der Waals surface area (Å²) >= 11 is 6.05. The van der Waals surface area contributed by atoms with Gasteiger partial charge in [0, 0.05) is 29.8 Å². The molecule has 1 heterocycles. The minimum absolute atomic E-state index is 0.408. The lowest BCUT2D eigenvalue weighted by molar-refractivity contribution is 0.0808. The Morgan fingerprint density at radius 1 is 1.37 bits per heavy atom. The molecule has 3 rings (SSSR count). The van der Waals surface area contributed by atoms with Crippen LogP contribution in [0.2, 0.25) is 5.02 Å². The molecule has 0 radical (unpaired) electrons. The lowest BCUT2D eigenvalue weighted by Crippen LogP contribution is -2.37. The van der Waals surface area contributed by atoms with E-state index < -0.39 is 0 Å². The number of hydrogen-bond acceptors (Lipinski definition) is 3. The Kier molecular flexibility index (Phi) is 3.96. The number of halogens is 1. The summed E-state index contributed by atoms with van der Waals surface area (Å²) in [6, 6.07) is 6.21. The maximum Gasteiger partial charge on any atom is 0.123 e. The molecule has 2 aliphatic rings. The highest BCUT2D eigenvalue weighted by Crippen LogP contribution is 2.38. The van der Waals surface area contributed by atoms with Crippen LogP contribution in [0.25, 0.3) is 0 Å². The molecule has 0 spiro atoms. The van der Waals surface area contributed by atoms with Crippen LogP contribution < -0.4 is 10.1 Å². The molecule has 104 valence electrons. The molecule has 1 aromatic carbocycles. The fraction of sp³-hybridized carbons (Fsp3) is 0.600. The average Bonchev–Trinajstić information content (AvgIpc) is 3.15. The van der Waals surface area contributed by atoms with Crippen molar-refractivity contribution in [2.75, 3.05) is 13.7 Å². The van der Waals surface area contributed by atoms with E-state index in [4.69, 9.17) is 21.1 Å². The summed E-state index contributed by atoms with van der Waals surface area (Å²) in [5.74, 6) is 1.67. The lowest BCUT2D eigenvalue weighted by Gasteiger charge is -2.20. The van der Waals surface area contributed by atoms with Crippen molar-refractivity contribution in [3.05, 3.63) is 28.8 Å². The number of benzene rings is 1. The molecular weight excluding hydrogens is 262 g/mol. The SMILES string of the molecule is COc1ccc(Cl)cc1CNC1CCOC1C1CC1. The molecule has 1 saturated carbocycles. The Morgan fingerprint density at radius 3 is 2.95 bits per heavy atom. The summed E-state index contributed by atoms with van der Waals surface area (Å²) in [6.45, 7) is 1.66. The summed E-state index contributed by atoms with van der Waals surface area (Å²) in [7, 11) is 1.69. The summed E-state index contributed by atoms with van der Waals surface area (Å²) < 4.78 is 11.2. The van der Waals surface area contributed by atoms with Crippen LogP contribution in [-0.4, -0.2) is 25.9 Å². The van der Waals surface area contributed by atoms with Gasteiger partial charge in [0.25, 0.3) is 0 Å². The molecule has 1 aliphatic heterocycles. The number of methoxy groups -OCH3 is 1. The van der Waals surface area contributed by atoms with Crippen molar-refractivity contribution >= 4 is 11.6 Å². The van der Waals surface area contributed by atoms with Crippen molar-refractivity contribution in [2.45, 2.75) is 38.0 Å². The van der Waals surface area contributed by atoms with E-state index in [9.17, 15) is 0 Å². The minimum Gasteiger partial charge on any atom is -0.496 e. The molecule has 1 N–H and O–H groups in total. The molecule has 0 bridgehead atoms. The van der Waals surface area contributed by atoms with E-state index in [2.05, 4.69) is 5.32 Å². The molecular formula is C15H20ClNO2. The predicted octanol–water partition coefficient (Wildman–Crippen LogP) is 3.01. The van der Waals surface area contributed by atoms with Crippen molar-refractivity contribution in [1.29, 1.82) is 0 Å². The third kappa shape index (κ3) is 3.04. The van der Waals surface area contributed by atoms with Gasteiger partial charge in [-0.05, 0) is 43.4 Å². The quantitative estimate of drug-likeness (QED) is 0.900. The first-order chi connectivity index (χ1) is 9.28. The van der Waals surface area contributed by atoms with E-state index in [0.717, 1.165) is 41.8 Å². The molecule has 4 heteroatoms. The van der Waals surface area contributed by atoms with Gasteiger partial charge in [-0.1, -0.05) is 11.6 Å². The molecule has 2 fully saturated rings. The first kappa shape index (κ1) is 13.2. The zero-order valence-electron chi connectivity index (χ0n) is 11.2. The predicted molar refractivity (Wildman–Crippen MR) is 75.7 cm³/mol. The maximum absolute atomic E-state index is 6.05. The van der Waals surface area contributed by atoms with Crippen LogP contribution in [0.5, 0.6) is 5.75 Å². The lowest BCUT2D eigenvalue weighted by atomic mass is 10.1. The zero-order valence-corrected chi connectivity index (χ0v) is 12.0. The third-order valence-corrected chi connectivity index (χ3v) is 4.25. The van der Waals surface area contributed by atoms with Crippen molar-refractivity contribution in [1.82, 2.24) is 5.32 Å². The summed E-state index contributed by atoms with van der Waals surface area (Å²) in [5, 5.41) is 4.36. The maximum atomic E-state index is 6.05. The standard InChI is InChI=1S/C15H20ClNO2/c1-18-14-5-4-12(16)8-11(14)9-17-13-6-7-19-15(13)10-2-3-10/h4-5,8,10,13,15,17H,2-3,6-7,9H2,1H3. The van der Waals surface area contributed by atoms with Crippen LogP contribution in [0.1, 0.15) is 24.8 Å². The molecule has 0 amide bonds. The molecule has 19 heavy (non-hydrogen) atoms. The highest BCUT2D eigenvalue weighted by atomic mass is 35.5. The van der Waals surface area contributed by atoms with Crippen LogP contribution in [0, 0.1) is 5.92 Å². The van der Waals surface area contributed by atoms with Gasteiger partial charge < -0.3 is 14.8 Å². The average molecular weight is 282 g/mol.